The van der Waals surface area contributed by atoms with E-state index in [2.05, 4.69) is 10.3 Å². The Kier molecular flexibility index (Phi) is 4.34. The van der Waals surface area contributed by atoms with Crippen LogP contribution in [0, 0.1) is 5.92 Å². The number of aromatic nitrogens is 1. The Morgan fingerprint density at radius 2 is 2.10 bits per heavy atom. The number of carbonyl (C=O) groups excluding carboxylic acids is 1. The highest BCUT2D eigenvalue weighted by Crippen LogP contribution is 2.24. The van der Waals surface area contributed by atoms with Crippen molar-refractivity contribution in [2.45, 2.75) is 32.1 Å². The normalized spacial score (nSPS) is 15.8. The molecule has 4 heteroatoms. The first-order chi connectivity index (χ1) is 10.3. The van der Waals surface area contributed by atoms with Gasteiger partial charge in [0.1, 0.15) is 0 Å². The molecule has 1 N–H and O–H groups in total. The molecule has 1 saturated carbocycles. The maximum absolute atomic E-state index is 11.8. The summed E-state index contributed by atoms with van der Waals surface area (Å²) in [6.45, 7) is 0.529. The Bertz CT molecular complexity index is 621. The molecule has 1 aromatic carbocycles. The largest absolute Gasteiger partial charge is 0.449 e. The van der Waals surface area contributed by atoms with Crippen LogP contribution in [0.15, 0.2) is 36.5 Å². The number of benzene rings is 1. The van der Waals surface area contributed by atoms with Crippen molar-refractivity contribution in [1.82, 2.24) is 4.98 Å². The van der Waals surface area contributed by atoms with Crippen LogP contribution in [-0.4, -0.2) is 17.7 Å². The summed E-state index contributed by atoms with van der Waals surface area (Å²) in [7, 11) is 0. The van der Waals surface area contributed by atoms with Crippen molar-refractivity contribution < 1.29 is 9.53 Å². The molecule has 1 aliphatic carbocycles. The van der Waals surface area contributed by atoms with Gasteiger partial charge in [-0.25, -0.2) is 4.79 Å². The van der Waals surface area contributed by atoms with Crippen molar-refractivity contribution in [3.63, 3.8) is 0 Å². The molecule has 1 heterocycles. The number of anilines is 1. The van der Waals surface area contributed by atoms with Crippen molar-refractivity contribution in [2.24, 2.45) is 5.92 Å². The van der Waals surface area contributed by atoms with Gasteiger partial charge in [-0.1, -0.05) is 25.3 Å². The monoisotopic (exact) mass is 284 g/mol. The van der Waals surface area contributed by atoms with Gasteiger partial charge in [0.2, 0.25) is 0 Å². The van der Waals surface area contributed by atoms with E-state index >= 15 is 0 Å². The van der Waals surface area contributed by atoms with Crippen molar-refractivity contribution in [3.05, 3.63) is 36.5 Å². The highest BCUT2D eigenvalue weighted by molar-refractivity contribution is 5.89. The lowest BCUT2D eigenvalue weighted by Crippen LogP contribution is -2.20. The van der Waals surface area contributed by atoms with Crippen molar-refractivity contribution in [1.29, 1.82) is 0 Å². The summed E-state index contributed by atoms with van der Waals surface area (Å²) in [4.78, 5) is 16.1. The van der Waals surface area contributed by atoms with E-state index in [4.69, 9.17) is 4.74 Å². The lowest BCUT2D eigenvalue weighted by molar-refractivity contribution is 0.128. The number of hydrogen-bond acceptors (Lipinski definition) is 3. The van der Waals surface area contributed by atoms with Gasteiger partial charge in [-0.3, -0.25) is 10.3 Å². The van der Waals surface area contributed by atoms with Crippen LogP contribution in [0.2, 0.25) is 0 Å². The Hall–Kier alpha value is -2.10. The highest BCUT2D eigenvalue weighted by Gasteiger charge is 2.15. The maximum Gasteiger partial charge on any atom is 0.411 e. The van der Waals surface area contributed by atoms with Crippen LogP contribution in [-0.2, 0) is 4.74 Å². The second kappa shape index (κ2) is 6.57. The lowest BCUT2D eigenvalue weighted by atomic mass is 9.90. The predicted molar refractivity (Wildman–Crippen MR) is 83.3 cm³/mol. The first-order valence-corrected chi connectivity index (χ1v) is 7.60. The fourth-order valence-electron chi connectivity index (χ4n) is 2.85. The van der Waals surface area contributed by atoms with Gasteiger partial charge >= 0.3 is 6.09 Å². The third kappa shape index (κ3) is 3.72. The number of rotatable bonds is 3. The zero-order valence-electron chi connectivity index (χ0n) is 12.0. The molecule has 0 bridgehead atoms. The third-order valence-corrected chi connectivity index (χ3v) is 4.02. The van der Waals surface area contributed by atoms with Gasteiger partial charge in [-0.2, -0.15) is 0 Å². The molecule has 1 amide bonds. The molecule has 0 saturated heterocycles. The Morgan fingerprint density at radius 1 is 1.24 bits per heavy atom. The van der Waals surface area contributed by atoms with Crippen LogP contribution in [0.1, 0.15) is 32.1 Å². The summed E-state index contributed by atoms with van der Waals surface area (Å²) in [6, 6.07) is 9.50. The molecular formula is C17H20N2O2. The molecule has 0 radical (unpaired) electrons. The van der Waals surface area contributed by atoms with Gasteiger partial charge in [0.15, 0.2) is 0 Å². The SMILES string of the molecule is O=C(Nc1ccc2ncccc2c1)OCC1CCCCC1. The van der Waals surface area contributed by atoms with Gasteiger partial charge < -0.3 is 4.74 Å². The minimum atomic E-state index is -0.371. The van der Waals surface area contributed by atoms with Gasteiger partial charge in [-0.05, 0) is 43.0 Å². The number of hydrogen-bond donors (Lipinski definition) is 1. The van der Waals surface area contributed by atoms with Crippen LogP contribution < -0.4 is 5.32 Å². The number of ether oxygens (including phenoxy) is 1. The molecule has 0 aliphatic heterocycles. The van der Waals surface area contributed by atoms with E-state index < -0.39 is 0 Å². The van der Waals surface area contributed by atoms with E-state index in [0.29, 0.717) is 12.5 Å². The molecular weight excluding hydrogens is 264 g/mol. The molecule has 3 rings (SSSR count). The second-order valence-corrected chi connectivity index (χ2v) is 5.64. The average Bonchev–Trinajstić information content (AvgIpc) is 2.54. The molecule has 1 fully saturated rings. The first kappa shape index (κ1) is 13.9. The standard InChI is InChI=1S/C17H20N2O2/c20-17(21-12-13-5-2-1-3-6-13)19-15-8-9-16-14(11-15)7-4-10-18-16/h4,7-11,13H,1-3,5-6,12H2,(H,19,20). The van der Waals surface area contributed by atoms with Crippen LogP contribution in [0.3, 0.4) is 0 Å². The fourth-order valence-corrected chi connectivity index (χ4v) is 2.85. The minimum absolute atomic E-state index is 0.371. The quantitative estimate of drug-likeness (QED) is 0.910. The summed E-state index contributed by atoms with van der Waals surface area (Å²) < 4.78 is 5.33. The summed E-state index contributed by atoms with van der Waals surface area (Å²) in [5.74, 6) is 0.533. The number of amides is 1. The molecule has 110 valence electrons. The predicted octanol–water partition coefficient (Wildman–Crippen LogP) is 4.36. The minimum Gasteiger partial charge on any atom is -0.449 e. The van der Waals surface area contributed by atoms with Gasteiger partial charge in [0.05, 0.1) is 12.1 Å². The van der Waals surface area contributed by atoms with Crippen molar-refractivity contribution in [2.75, 3.05) is 11.9 Å². The molecule has 1 aliphatic rings. The van der Waals surface area contributed by atoms with E-state index in [1.54, 1.807) is 6.20 Å². The van der Waals surface area contributed by atoms with Crippen molar-refractivity contribution >= 4 is 22.7 Å². The number of fused-ring (bicyclic) bond motifs is 1. The Morgan fingerprint density at radius 3 is 2.95 bits per heavy atom. The van der Waals surface area contributed by atoms with E-state index in [0.717, 1.165) is 16.6 Å². The summed E-state index contributed by atoms with van der Waals surface area (Å²) >= 11 is 0. The number of carbonyl (C=O) groups is 1. The Labute approximate surface area is 124 Å². The Balaban J connectivity index is 1.55. The van der Waals surface area contributed by atoms with Crippen LogP contribution >= 0.6 is 0 Å². The third-order valence-electron chi connectivity index (χ3n) is 4.02. The average molecular weight is 284 g/mol. The van der Waals surface area contributed by atoms with Crippen LogP contribution in [0.25, 0.3) is 10.9 Å². The summed E-state index contributed by atoms with van der Waals surface area (Å²) in [5.41, 5.74) is 1.66. The highest BCUT2D eigenvalue weighted by atomic mass is 16.5. The van der Waals surface area contributed by atoms with Crippen molar-refractivity contribution in [3.8, 4) is 0 Å². The van der Waals surface area contributed by atoms with E-state index in [9.17, 15) is 4.79 Å². The van der Waals surface area contributed by atoms with Gasteiger partial charge in [0, 0.05) is 17.3 Å². The van der Waals surface area contributed by atoms with Gasteiger partial charge in [-0.15, -0.1) is 0 Å². The zero-order valence-corrected chi connectivity index (χ0v) is 12.0. The zero-order chi connectivity index (χ0) is 14.5. The molecule has 0 atom stereocenters. The summed E-state index contributed by atoms with van der Waals surface area (Å²) in [5, 5.41) is 3.79. The first-order valence-electron chi connectivity index (χ1n) is 7.60. The van der Waals surface area contributed by atoms with Crippen LogP contribution in [0.4, 0.5) is 10.5 Å². The molecule has 0 unspecified atom stereocenters. The van der Waals surface area contributed by atoms with E-state index in [-0.39, 0.29) is 6.09 Å². The lowest BCUT2D eigenvalue weighted by Gasteiger charge is -2.21. The number of nitrogens with zero attached hydrogens (tertiary/aromatic N) is 1. The molecule has 4 nitrogen and oxygen atoms in total. The fraction of sp³-hybridized carbons (Fsp3) is 0.412. The van der Waals surface area contributed by atoms with Gasteiger partial charge in [0.25, 0.3) is 0 Å². The number of pyridine rings is 1. The van der Waals surface area contributed by atoms with E-state index in [1.165, 1.54) is 32.1 Å². The van der Waals surface area contributed by atoms with Crippen LogP contribution in [0.5, 0.6) is 0 Å². The number of nitrogens with one attached hydrogen (secondary N) is 1. The molecule has 0 spiro atoms. The topological polar surface area (TPSA) is 51.2 Å². The second-order valence-electron chi connectivity index (χ2n) is 5.64. The molecule has 1 aromatic heterocycles. The van der Waals surface area contributed by atoms with E-state index in [1.807, 2.05) is 30.3 Å². The smallest absolute Gasteiger partial charge is 0.411 e. The summed E-state index contributed by atoms with van der Waals surface area (Å²) in [6.07, 6.45) is 7.57. The maximum atomic E-state index is 11.8. The molecule has 21 heavy (non-hydrogen) atoms. The molecule has 2 aromatic rings.